The predicted octanol–water partition coefficient (Wildman–Crippen LogP) is 4.62. The van der Waals surface area contributed by atoms with Gasteiger partial charge in [0.25, 0.3) is 0 Å². The van der Waals surface area contributed by atoms with Gasteiger partial charge in [0.1, 0.15) is 6.04 Å². The smallest absolute Gasteiger partial charge is 0.243 e. The SMILES string of the molecule is CC(=O)N(Cc1ccccc1)C(Cc1ccccc1)C(=O)NCc1ccc(Cl)cc1. The third kappa shape index (κ3) is 6.19. The van der Waals surface area contributed by atoms with Crippen molar-refractivity contribution in [3.63, 3.8) is 0 Å². The summed E-state index contributed by atoms with van der Waals surface area (Å²) in [5, 5.41) is 3.63. The molecule has 3 rings (SSSR count). The molecule has 0 aliphatic heterocycles. The number of nitrogens with zero attached hydrogens (tertiary/aromatic N) is 1. The lowest BCUT2D eigenvalue weighted by Crippen LogP contribution is -2.49. The summed E-state index contributed by atoms with van der Waals surface area (Å²) in [6.45, 7) is 2.26. The van der Waals surface area contributed by atoms with Crippen LogP contribution in [0.4, 0.5) is 0 Å². The van der Waals surface area contributed by atoms with Crippen molar-refractivity contribution in [3.05, 3.63) is 107 Å². The number of rotatable bonds is 8. The van der Waals surface area contributed by atoms with Gasteiger partial charge in [0.2, 0.25) is 11.8 Å². The Hall–Kier alpha value is -3.11. The molecule has 1 unspecified atom stereocenters. The fourth-order valence-electron chi connectivity index (χ4n) is 3.31. The Morgan fingerprint density at radius 2 is 1.40 bits per heavy atom. The van der Waals surface area contributed by atoms with Gasteiger partial charge in [0, 0.05) is 31.5 Å². The number of halogens is 1. The lowest BCUT2D eigenvalue weighted by Gasteiger charge is -2.30. The van der Waals surface area contributed by atoms with E-state index in [1.165, 1.54) is 6.92 Å². The van der Waals surface area contributed by atoms with Crippen LogP contribution in [-0.2, 0) is 29.1 Å². The largest absolute Gasteiger partial charge is 0.350 e. The van der Waals surface area contributed by atoms with Gasteiger partial charge in [0.15, 0.2) is 0 Å². The molecule has 0 aliphatic carbocycles. The standard InChI is InChI=1S/C25H25ClN2O2/c1-19(29)28(18-22-10-6-3-7-11-22)24(16-20-8-4-2-5-9-20)25(30)27-17-21-12-14-23(26)15-13-21/h2-15,24H,16-18H2,1H3,(H,27,30). The molecule has 5 heteroatoms. The van der Waals surface area contributed by atoms with E-state index in [4.69, 9.17) is 11.6 Å². The number of nitrogens with one attached hydrogen (secondary N) is 1. The number of amides is 2. The van der Waals surface area contributed by atoms with Crippen LogP contribution in [0.5, 0.6) is 0 Å². The summed E-state index contributed by atoms with van der Waals surface area (Å²) in [5.41, 5.74) is 2.93. The Morgan fingerprint density at radius 1 is 0.833 bits per heavy atom. The van der Waals surface area contributed by atoms with E-state index in [1.54, 1.807) is 17.0 Å². The van der Waals surface area contributed by atoms with Crippen LogP contribution in [0.3, 0.4) is 0 Å². The molecule has 3 aromatic rings. The highest BCUT2D eigenvalue weighted by Gasteiger charge is 2.28. The molecule has 4 nitrogen and oxygen atoms in total. The molecule has 2 amide bonds. The van der Waals surface area contributed by atoms with Crippen molar-refractivity contribution < 1.29 is 9.59 Å². The number of carbonyl (C=O) groups excluding carboxylic acids is 2. The summed E-state index contributed by atoms with van der Waals surface area (Å²) < 4.78 is 0. The molecular weight excluding hydrogens is 396 g/mol. The lowest BCUT2D eigenvalue weighted by molar-refractivity contribution is -0.139. The van der Waals surface area contributed by atoms with E-state index in [1.807, 2.05) is 72.8 Å². The summed E-state index contributed by atoms with van der Waals surface area (Å²) in [7, 11) is 0. The Morgan fingerprint density at radius 3 is 1.97 bits per heavy atom. The van der Waals surface area contributed by atoms with Crippen LogP contribution >= 0.6 is 11.6 Å². The van der Waals surface area contributed by atoms with Crippen molar-refractivity contribution in [2.24, 2.45) is 0 Å². The van der Waals surface area contributed by atoms with Crippen LogP contribution in [-0.4, -0.2) is 22.8 Å². The maximum atomic E-state index is 13.2. The molecule has 154 valence electrons. The topological polar surface area (TPSA) is 49.4 Å². The van der Waals surface area contributed by atoms with Gasteiger partial charge in [-0.1, -0.05) is 84.4 Å². The number of hydrogen-bond donors (Lipinski definition) is 1. The minimum absolute atomic E-state index is 0.138. The van der Waals surface area contributed by atoms with Crippen molar-refractivity contribution in [2.45, 2.75) is 32.5 Å². The number of benzene rings is 3. The first-order valence-electron chi connectivity index (χ1n) is 9.90. The van der Waals surface area contributed by atoms with E-state index < -0.39 is 6.04 Å². The number of hydrogen-bond acceptors (Lipinski definition) is 2. The molecule has 0 spiro atoms. The average Bonchev–Trinajstić information content (AvgIpc) is 2.77. The van der Waals surface area contributed by atoms with Crippen molar-refractivity contribution in [3.8, 4) is 0 Å². The van der Waals surface area contributed by atoms with Gasteiger partial charge in [-0.3, -0.25) is 9.59 Å². The van der Waals surface area contributed by atoms with Crippen LogP contribution in [0.1, 0.15) is 23.6 Å². The molecule has 0 aliphatic rings. The molecule has 0 saturated carbocycles. The van der Waals surface area contributed by atoms with E-state index >= 15 is 0 Å². The van der Waals surface area contributed by atoms with Crippen LogP contribution in [0, 0.1) is 0 Å². The minimum Gasteiger partial charge on any atom is -0.350 e. The Kier molecular flexibility index (Phi) is 7.63. The van der Waals surface area contributed by atoms with Crippen molar-refractivity contribution in [1.82, 2.24) is 10.2 Å². The summed E-state index contributed by atoms with van der Waals surface area (Å²) in [5.74, 6) is -0.318. The third-order valence-corrected chi connectivity index (χ3v) is 5.18. The van der Waals surface area contributed by atoms with Crippen LogP contribution in [0.2, 0.25) is 5.02 Å². The lowest BCUT2D eigenvalue weighted by atomic mass is 10.0. The van der Waals surface area contributed by atoms with E-state index in [9.17, 15) is 9.59 Å². The zero-order chi connectivity index (χ0) is 21.3. The van der Waals surface area contributed by atoms with E-state index in [0.717, 1.165) is 16.7 Å². The first-order valence-corrected chi connectivity index (χ1v) is 10.3. The molecular formula is C25H25ClN2O2. The molecule has 0 bridgehead atoms. The molecule has 0 heterocycles. The van der Waals surface area contributed by atoms with E-state index in [0.29, 0.717) is 24.5 Å². The third-order valence-electron chi connectivity index (χ3n) is 4.93. The van der Waals surface area contributed by atoms with Crippen molar-refractivity contribution in [1.29, 1.82) is 0 Å². The highest BCUT2D eigenvalue weighted by molar-refractivity contribution is 6.30. The molecule has 1 N–H and O–H groups in total. The maximum absolute atomic E-state index is 13.2. The minimum atomic E-state index is -0.614. The van der Waals surface area contributed by atoms with Crippen LogP contribution < -0.4 is 5.32 Å². The van der Waals surface area contributed by atoms with E-state index in [2.05, 4.69) is 5.32 Å². The quantitative estimate of drug-likeness (QED) is 0.578. The van der Waals surface area contributed by atoms with Gasteiger partial charge in [0.05, 0.1) is 0 Å². The molecule has 3 aromatic carbocycles. The van der Waals surface area contributed by atoms with Crippen molar-refractivity contribution >= 4 is 23.4 Å². The average molecular weight is 421 g/mol. The second-order valence-electron chi connectivity index (χ2n) is 7.18. The predicted molar refractivity (Wildman–Crippen MR) is 120 cm³/mol. The Balaban J connectivity index is 1.80. The molecule has 0 aromatic heterocycles. The van der Waals surface area contributed by atoms with Gasteiger partial charge < -0.3 is 10.2 Å². The molecule has 0 saturated heterocycles. The summed E-state index contributed by atoms with van der Waals surface area (Å²) >= 11 is 5.94. The van der Waals surface area contributed by atoms with Gasteiger partial charge in [-0.25, -0.2) is 0 Å². The fourth-order valence-corrected chi connectivity index (χ4v) is 3.44. The van der Waals surface area contributed by atoms with Gasteiger partial charge >= 0.3 is 0 Å². The van der Waals surface area contributed by atoms with E-state index in [-0.39, 0.29) is 11.8 Å². The Bertz CT molecular complexity index is 959. The second-order valence-corrected chi connectivity index (χ2v) is 7.62. The van der Waals surface area contributed by atoms with Gasteiger partial charge in [-0.2, -0.15) is 0 Å². The normalized spacial score (nSPS) is 11.5. The second kappa shape index (κ2) is 10.6. The zero-order valence-corrected chi connectivity index (χ0v) is 17.7. The zero-order valence-electron chi connectivity index (χ0n) is 16.9. The molecule has 1 atom stereocenters. The first-order chi connectivity index (χ1) is 14.5. The highest BCUT2D eigenvalue weighted by Crippen LogP contribution is 2.15. The van der Waals surface area contributed by atoms with Gasteiger partial charge in [-0.15, -0.1) is 0 Å². The highest BCUT2D eigenvalue weighted by atomic mass is 35.5. The summed E-state index contributed by atoms with van der Waals surface area (Å²) in [6, 6.07) is 26.2. The fraction of sp³-hybridized carbons (Fsp3) is 0.200. The number of carbonyl (C=O) groups is 2. The van der Waals surface area contributed by atoms with Crippen LogP contribution in [0.25, 0.3) is 0 Å². The first kappa shape index (κ1) is 21.6. The van der Waals surface area contributed by atoms with Crippen LogP contribution in [0.15, 0.2) is 84.9 Å². The Labute approximate surface area is 182 Å². The summed E-state index contributed by atoms with van der Waals surface area (Å²) in [6.07, 6.45) is 0.444. The molecule has 30 heavy (non-hydrogen) atoms. The molecule has 0 fully saturated rings. The monoisotopic (exact) mass is 420 g/mol. The maximum Gasteiger partial charge on any atom is 0.243 e. The van der Waals surface area contributed by atoms with Gasteiger partial charge in [-0.05, 0) is 28.8 Å². The van der Waals surface area contributed by atoms with Crippen molar-refractivity contribution in [2.75, 3.05) is 0 Å². The molecule has 0 radical (unpaired) electrons. The summed E-state index contributed by atoms with van der Waals surface area (Å²) in [4.78, 5) is 27.4.